The number of aliphatic hydroxyl groups is 1. The molecular weight excluding hydrogens is 186 g/mol. The highest BCUT2D eigenvalue weighted by Gasteiger charge is 2.36. The van der Waals surface area contributed by atoms with Crippen LogP contribution in [0.1, 0.15) is 20.3 Å². The molecule has 1 N–H and O–H groups in total. The second kappa shape index (κ2) is 4.41. The van der Waals surface area contributed by atoms with Crippen LogP contribution in [0.4, 0.5) is 0 Å². The Hall–Kier alpha value is -1.10. The Balaban J connectivity index is 2.57. The van der Waals surface area contributed by atoms with Crippen LogP contribution in [0.5, 0.6) is 0 Å². The van der Waals surface area contributed by atoms with Crippen molar-refractivity contribution in [1.29, 1.82) is 0 Å². The molecule has 1 saturated heterocycles. The Labute approximate surface area is 82.6 Å². The van der Waals surface area contributed by atoms with Gasteiger partial charge in [-0.05, 0) is 20.3 Å². The summed E-state index contributed by atoms with van der Waals surface area (Å²) in [5.74, 6) is -0.805. The van der Waals surface area contributed by atoms with E-state index in [1.807, 2.05) is 0 Å². The summed E-state index contributed by atoms with van der Waals surface area (Å²) in [6.07, 6.45) is -0.561. The summed E-state index contributed by atoms with van der Waals surface area (Å²) in [7, 11) is 0. The third kappa shape index (κ3) is 2.04. The van der Waals surface area contributed by atoms with Crippen LogP contribution in [0, 0.1) is 0 Å². The number of carbonyl (C=O) groups excluding carboxylic acids is 2. The predicted octanol–water partition coefficient (Wildman–Crippen LogP) is -0.469. The number of aliphatic hydroxyl groups excluding tert-OH is 1. The Morgan fingerprint density at radius 3 is 2.86 bits per heavy atom. The van der Waals surface area contributed by atoms with E-state index in [1.54, 1.807) is 13.8 Å². The monoisotopic (exact) mass is 201 g/mol. The van der Waals surface area contributed by atoms with Crippen molar-refractivity contribution in [2.24, 2.45) is 0 Å². The fourth-order valence-corrected chi connectivity index (χ4v) is 1.46. The van der Waals surface area contributed by atoms with E-state index in [-0.39, 0.29) is 5.91 Å². The zero-order valence-corrected chi connectivity index (χ0v) is 8.40. The summed E-state index contributed by atoms with van der Waals surface area (Å²) in [5, 5.41) is 9.19. The summed E-state index contributed by atoms with van der Waals surface area (Å²) in [6, 6.07) is -0.598. The zero-order chi connectivity index (χ0) is 10.7. The number of hydrogen-bond donors (Lipinski definition) is 1. The number of nitrogens with zero attached hydrogens (tertiary/aromatic N) is 1. The molecule has 5 heteroatoms. The molecule has 80 valence electrons. The lowest BCUT2D eigenvalue weighted by Gasteiger charge is -2.22. The molecule has 2 atom stereocenters. The van der Waals surface area contributed by atoms with Gasteiger partial charge in [0.05, 0.1) is 6.61 Å². The van der Waals surface area contributed by atoms with Gasteiger partial charge in [-0.25, -0.2) is 4.79 Å². The van der Waals surface area contributed by atoms with E-state index in [1.165, 1.54) is 4.90 Å². The van der Waals surface area contributed by atoms with Gasteiger partial charge in [0.25, 0.3) is 5.91 Å². The number of esters is 1. The maximum atomic E-state index is 11.3. The summed E-state index contributed by atoms with van der Waals surface area (Å²) in [6.45, 7) is 4.03. The largest absolute Gasteiger partial charge is 0.464 e. The van der Waals surface area contributed by atoms with Gasteiger partial charge in [0, 0.05) is 6.54 Å². The summed E-state index contributed by atoms with van der Waals surface area (Å²) in [4.78, 5) is 24.0. The molecule has 0 aliphatic carbocycles. The van der Waals surface area contributed by atoms with Crippen LogP contribution in [-0.4, -0.2) is 47.2 Å². The van der Waals surface area contributed by atoms with Gasteiger partial charge >= 0.3 is 5.97 Å². The van der Waals surface area contributed by atoms with Crippen LogP contribution >= 0.6 is 0 Å². The second-order valence-corrected chi connectivity index (χ2v) is 3.26. The number of amides is 1. The molecule has 1 aliphatic rings. The number of rotatable bonds is 3. The maximum absolute atomic E-state index is 11.3. The molecule has 0 saturated carbocycles. The third-order valence-corrected chi connectivity index (χ3v) is 2.31. The molecule has 1 heterocycles. The van der Waals surface area contributed by atoms with Crippen LogP contribution in [0.15, 0.2) is 0 Å². The molecule has 1 fully saturated rings. The molecule has 0 bridgehead atoms. The van der Waals surface area contributed by atoms with Gasteiger partial charge in [0.2, 0.25) is 0 Å². The Kier molecular flexibility index (Phi) is 3.46. The van der Waals surface area contributed by atoms with Gasteiger partial charge in [0.1, 0.15) is 12.1 Å². The lowest BCUT2D eigenvalue weighted by atomic mass is 10.3. The van der Waals surface area contributed by atoms with E-state index in [4.69, 9.17) is 4.74 Å². The molecule has 0 aromatic carbocycles. The van der Waals surface area contributed by atoms with Crippen molar-refractivity contribution in [3.8, 4) is 0 Å². The van der Waals surface area contributed by atoms with E-state index in [0.717, 1.165) is 0 Å². The molecular formula is C9H15NO4. The Morgan fingerprint density at radius 1 is 1.79 bits per heavy atom. The first kappa shape index (κ1) is 11.0. The van der Waals surface area contributed by atoms with Gasteiger partial charge in [0.15, 0.2) is 0 Å². The molecule has 1 aliphatic heterocycles. The van der Waals surface area contributed by atoms with Crippen LogP contribution in [0.3, 0.4) is 0 Å². The van der Waals surface area contributed by atoms with Crippen LogP contribution in [0.2, 0.25) is 0 Å². The number of likely N-dealkylation sites (tertiary alicyclic amines) is 1. The van der Waals surface area contributed by atoms with E-state index >= 15 is 0 Å². The smallest absolute Gasteiger partial charge is 0.328 e. The van der Waals surface area contributed by atoms with E-state index in [2.05, 4.69) is 0 Å². The summed E-state index contributed by atoms with van der Waals surface area (Å²) in [5.41, 5.74) is 0. The SMILES string of the molecule is CCOC(=O)C(C)N1CCC(O)C1=O. The Bertz CT molecular complexity index is 241. The number of hydrogen-bond acceptors (Lipinski definition) is 4. The molecule has 0 aromatic heterocycles. The van der Waals surface area contributed by atoms with Crippen LogP contribution in [-0.2, 0) is 14.3 Å². The van der Waals surface area contributed by atoms with Crippen molar-refractivity contribution in [3.05, 3.63) is 0 Å². The highest BCUT2D eigenvalue weighted by atomic mass is 16.5. The lowest BCUT2D eigenvalue weighted by molar-refractivity contribution is -0.153. The first-order valence-corrected chi connectivity index (χ1v) is 4.73. The third-order valence-electron chi connectivity index (χ3n) is 2.31. The second-order valence-electron chi connectivity index (χ2n) is 3.26. The number of ether oxygens (including phenoxy) is 1. The zero-order valence-electron chi connectivity index (χ0n) is 8.40. The average molecular weight is 201 g/mol. The van der Waals surface area contributed by atoms with Gasteiger partial charge in [-0.3, -0.25) is 4.79 Å². The van der Waals surface area contributed by atoms with Crippen molar-refractivity contribution in [3.63, 3.8) is 0 Å². The maximum Gasteiger partial charge on any atom is 0.328 e. The molecule has 2 unspecified atom stereocenters. The highest BCUT2D eigenvalue weighted by molar-refractivity contribution is 5.88. The average Bonchev–Trinajstić information content (AvgIpc) is 2.47. The first-order valence-electron chi connectivity index (χ1n) is 4.73. The molecule has 14 heavy (non-hydrogen) atoms. The van der Waals surface area contributed by atoms with Crippen LogP contribution in [0.25, 0.3) is 0 Å². The van der Waals surface area contributed by atoms with E-state index in [0.29, 0.717) is 19.6 Å². The molecule has 5 nitrogen and oxygen atoms in total. The van der Waals surface area contributed by atoms with E-state index < -0.39 is 18.1 Å². The van der Waals surface area contributed by atoms with Crippen molar-refractivity contribution < 1.29 is 19.4 Å². The Morgan fingerprint density at radius 2 is 2.43 bits per heavy atom. The van der Waals surface area contributed by atoms with Gasteiger partial charge < -0.3 is 14.7 Å². The summed E-state index contributed by atoms with van der Waals surface area (Å²) >= 11 is 0. The molecule has 1 amide bonds. The first-order chi connectivity index (χ1) is 6.57. The van der Waals surface area contributed by atoms with Crippen molar-refractivity contribution in [1.82, 2.24) is 4.90 Å². The van der Waals surface area contributed by atoms with E-state index in [9.17, 15) is 14.7 Å². The predicted molar refractivity (Wildman–Crippen MR) is 48.4 cm³/mol. The van der Waals surface area contributed by atoms with Gasteiger partial charge in [-0.15, -0.1) is 0 Å². The fraction of sp³-hybridized carbons (Fsp3) is 0.778. The highest BCUT2D eigenvalue weighted by Crippen LogP contribution is 2.14. The van der Waals surface area contributed by atoms with Crippen LogP contribution < -0.4 is 0 Å². The van der Waals surface area contributed by atoms with Crippen molar-refractivity contribution >= 4 is 11.9 Å². The summed E-state index contributed by atoms with van der Waals surface area (Å²) < 4.78 is 4.79. The quantitative estimate of drug-likeness (QED) is 0.627. The topological polar surface area (TPSA) is 66.8 Å². The standard InChI is InChI=1S/C9H15NO4/c1-3-14-9(13)6(2)10-5-4-7(11)8(10)12/h6-7,11H,3-5H2,1-2H3. The van der Waals surface area contributed by atoms with Crippen molar-refractivity contribution in [2.45, 2.75) is 32.4 Å². The lowest BCUT2D eigenvalue weighted by Crippen LogP contribution is -2.42. The molecule has 0 aromatic rings. The minimum absolute atomic E-state index is 0.299. The van der Waals surface area contributed by atoms with Gasteiger partial charge in [-0.2, -0.15) is 0 Å². The molecule has 0 spiro atoms. The minimum atomic E-state index is -0.952. The van der Waals surface area contributed by atoms with Crippen molar-refractivity contribution in [2.75, 3.05) is 13.2 Å². The van der Waals surface area contributed by atoms with Gasteiger partial charge in [-0.1, -0.05) is 0 Å². The molecule has 1 rings (SSSR count). The normalized spacial score (nSPS) is 23.8. The molecule has 0 radical (unpaired) electrons. The number of carbonyl (C=O) groups is 2. The minimum Gasteiger partial charge on any atom is -0.464 e. The fourth-order valence-electron chi connectivity index (χ4n) is 1.46.